The quantitative estimate of drug-likeness (QED) is 0.710. The molecule has 120 valence electrons. The van der Waals surface area contributed by atoms with Crippen LogP contribution in [0.25, 0.3) is 0 Å². The van der Waals surface area contributed by atoms with E-state index in [2.05, 4.69) is 39.8 Å². The summed E-state index contributed by atoms with van der Waals surface area (Å²) >= 11 is 0. The maximum Gasteiger partial charge on any atom is 0.0726 e. The first-order chi connectivity index (χ1) is 9.46. The minimum atomic E-state index is -0.160. The molecule has 0 saturated heterocycles. The van der Waals surface area contributed by atoms with Crippen molar-refractivity contribution in [3.05, 3.63) is 0 Å². The van der Waals surface area contributed by atoms with Gasteiger partial charge in [-0.3, -0.25) is 0 Å². The predicted molar refractivity (Wildman–Crippen MR) is 88.0 cm³/mol. The predicted octanol–water partition coefficient (Wildman–Crippen LogP) is 4.46. The summed E-state index contributed by atoms with van der Waals surface area (Å²) in [4.78, 5) is 2.32. The SMILES string of the molecule is CCCCC(CC)CC(O)C1(N(C)C)CCC(C)CC1. The van der Waals surface area contributed by atoms with E-state index in [0.717, 1.165) is 25.2 Å². The van der Waals surface area contributed by atoms with Gasteiger partial charge in [-0.05, 0) is 58.0 Å². The first-order valence-electron chi connectivity index (χ1n) is 8.81. The summed E-state index contributed by atoms with van der Waals surface area (Å²) in [5.74, 6) is 1.53. The zero-order valence-corrected chi connectivity index (χ0v) is 14.5. The molecule has 0 aromatic heterocycles. The molecule has 0 aliphatic heterocycles. The number of aliphatic hydroxyl groups excluding tert-OH is 1. The van der Waals surface area contributed by atoms with Crippen molar-refractivity contribution in [3.63, 3.8) is 0 Å². The minimum absolute atomic E-state index is 0.0339. The van der Waals surface area contributed by atoms with E-state index in [-0.39, 0.29) is 11.6 Å². The number of rotatable bonds is 8. The summed E-state index contributed by atoms with van der Waals surface area (Å²) in [7, 11) is 4.32. The van der Waals surface area contributed by atoms with Gasteiger partial charge in [-0.25, -0.2) is 0 Å². The molecule has 1 aliphatic carbocycles. The van der Waals surface area contributed by atoms with Gasteiger partial charge in [0.15, 0.2) is 0 Å². The molecular formula is C18H37NO. The molecule has 0 spiro atoms. The van der Waals surface area contributed by atoms with Gasteiger partial charge in [0.2, 0.25) is 0 Å². The molecule has 1 aliphatic rings. The van der Waals surface area contributed by atoms with E-state index in [9.17, 15) is 5.11 Å². The molecule has 0 aromatic rings. The first-order valence-corrected chi connectivity index (χ1v) is 8.81. The van der Waals surface area contributed by atoms with Crippen molar-refractivity contribution in [2.24, 2.45) is 11.8 Å². The number of unbranched alkanes of at least 4 members (excludes halogenated alkanes) is 1. The van der Waals surface area contributed by atoms with Crippen LogP contribution in [0.2, 0.25) is 0 Å². The molecule has 0 radical (unpaired) electrons. The Hall–Kier alpha value is -0.0800. The van der Waals surface area contributed by atoms with E-state index >= 15 is 0 Å². The number of nitrogens with zero attached hydrogens (tertiary/aromatic N) is 1. The van der Waals surface area contributed by atoms with Gasteiger partial charge >= 0.3 is 0 Å². The third kappa shape index (κ3) is 4.46. The molecule has 2 atom stereocenters. The lowest BCUT2D eigenvalue weighted by Crippen LogP contribution is -2.56. The average Bonchev–Trinajstić information content (AvgIpc) is 2.43. The van der Waals surface area contributed by atoms with Gasteiger partial charge in [0.1, 0.15) is 0 Å². The second kappa shape index (κ2) is 8.38. The summed E-state index contributed by atoms with van der Waals surface area (Å²) in [6, 6.07) is 0. The zero-order chi connectivity index (χ0) is 15.2. The molecule has 0 bridgehead atoms. The van der Waals surface area contributed by atoms with Gasteiger partial charge in [0.25, 0.3) is 0 Å². The van der Waals surface area contributed by atoms with Gasteiger partial charge in [-0.15, -0.1) is 0 Å². The Bertz CT molecular complexity index is 256. The number of hydrogen-bond acceptors (Lipinski definition) is 2. The molecule has 1 saturated carbocycles. The topological polar surface area (TPSA) is 23.5 Å². The summed E-state index contributed by atoms with van der Waals surface area (Å²) < 4.78 is 0. The highest BCUT2D eigenvalue weighted by Gasteiger charge is 2.42. The monoisotopic (exact) mass is 283 g/mol. The highest BCUT2D eigenvalue weighted by atomic mass is 16.3. The van der Waals surface area contributed by atoms with Crippen LogP contribution in [-0.2, 0) is 0 Å². The van der Waals surface area contributed by atoms with Crippen LogP contribution in [0.3, 0.4) is 0 Å². The molecule has 2 nitrogen and oxygen atoms in total. The lowest BCUT2D eigenvalue weighted by atomic mass is 9.71. The molecule has 0 amide bonds. The summed E-state index contributed by atoms with van der Waals surface area (Å²) in [6.45, 7) is 6.88. The maximum absolute atomic E-state index is 10.9. The van der Waals surface area contributed by atoms with Crippen molar-refractivity contribution in [1.29, 1.82) is 0 Å². The second-order valence-corrected chi connectivity index (χ2v) is 7.35. The maximum atomic E-state index is 10.9. The van der Waals surface area contributed by atoms with Gasteiger partial charge < -0.3 is 10.0 Å². The van der Waals surface area contributed by atoms with Crippen LogP contribution in [0.15, 0.2) is 0 Å². The highest BCUT2D eigenvalue weighted by Crippen LogP contribution is 2.40. The molecule has 0 aromatic carbocycles. The third-order valence-electron chi connectivity index (χ3n) is 5.75. The Kier molecular flexibility index (Phi) is 7.53. The van der Waals surface area contributed by atoms with Crippen molar-refractivity contribution in [3.8, 4) is 0 Å². The van der Waals surface area contributed by atoms with E-state index in [4.69, 9.17) is 0 Å². The van der Waals surface area contributed by atoms with E-state index in [1.807, 2.05) is 0 Å². The Labute approximate surface area is 126 Å². The fraction of sp³-hybridized carbons (Fsp3) is 1.00. The highest BCUT2D eigenvalue weighted by molar-refractivity contribution is 4.98. The van der Waals surface area contributed by atoms with E-state index in [1.165, 1.54) is 38.5 Å². The second-order valence-electron chi connectivity index (χ2n) is 7.35. The van der Waals surface area contributed by atoms with Crippen LogP contribution in [0.4, 0.5) is 0 Å². The van der Waals surface area contributed by atoms with E-state index in [1.54, 1.807) is 0 Å². The van der Waals surface area contributed by atoms with Gasteiger partial charge in [0, 0.05) is 5.54 Å². The molecule has 1 N–H and O–H groups in total. The van der Waals surface area contributed by atoms with E-state index in [0.29, 0.717) is 5.92 Å². The van der Waals surface area contributed by atoms with Crippen LogP contribution in [0.5, 0.6) is 0 Å². The lowest BCUT2D eigenvalue weighted by molar-refractivity contribution is -0.0503. The molecule has 1 rings (SSSR count). The molecule has 2 unspecified atom stereocenters. The molecule has 20 heavy (non-hydrogen) atoms. The lowest BCUT2D eigenvalue weighted by Gasteiger charge is -2.48. The van der Waals surface area contributed by atoms with Gasteiger partial charge in [-0.2, -0.15) is 0 Å². The fourth-order valence-electron chi connectivity index (χ4n) is 3.86. The van der Waals surface area contributed by atoms with Crippen molar-refractivity contribution >= 4 is 0 Å². The number of hydrogen-bond donors (Lipinski definition) is 1. The van der Waals surface area contributed by atoms with Crippen LogP contribution in [0, 0.1) is 11.8 Å². The van der Waals surface area contributed by atoms with E-state index < -0.39 is 0 Å². The molecule has 2 heteroatoms. The van der Waals surface area contributed by atoms with Gasteiger partial charge in [0.05, 0.1) is 6.10 Å². The van der Waals surface area contributed by atoms with Gasteiger partial charge in [-0.1, -0.05) is 46.5 Å². The number of likely N-dealkylation sites (N-methyl/N-ethyl adjacent to an activating group) is 1. The Morgan fingerprint density at radius 3 is 2.25 bits per heavy atom. The summed E-state index contributed by atoms with van der Waals surface area (Å²) in [5, 5.41) is 10.9. The van der Waals surface area contributed by atoms with Crippen LogP contribution < -0.4 is 0 Å². The summed E-state index contributed by atoms with van der Waals surface area (Å²) in [5.41, 5.74) is 0.0339. The zero-order valence-electron chi connectivity index (χ0n) is 14.5. The normalized spacial score (nSPS) is 30.4. The fourth-order valence-corrected chi connectivity index (χ4v) is 3.86. The molecule has 1 fully saturated rings. The van der Waals surface area contributed by atoms with Crippen molar-refractivity contribution in [1.82, 2.24) is 4.90 Å². The molecule has 0 heterocycles. The van der Waals surface area contributed by atoms with Crippen LogP contribution in [-0.4, -0.2) is 35.7 Å². The largest absolute Gasteiger partial charge is 0.391 e. The minimum Gasteiger partial charge on any atom is -0.391 e. The third-order valence-corrected chi connectivity index (χ3v) is 5.75. The Morgan fingerprint density at radius 2 is 1.80 bits per heavy atom. The molecular weight excluding hydrogens is 246 g/mol. The first kappa shape index (κ1) is 18.0. The van der Waals surface area contributed by atoms with Crippen molar-refractivity contribution in [2.75, 3.05) is 14.1 Å². The number of aliphatic hydroxyl groups is 1. The van der Waals surface area contributed by atoms with Crippen LogP contribution >= 0.6 is 0 Å². The van der Waals surface area contributed by atoms with Crippen molar-refractivity contribution < 1.29 is 5.11 Å². The van der Waals surface area contributed by atoms with Crippen LogP contribution in [0.1, 0.15) is 78.6 Å². The standard InChI is InChI=1S/C18H37NO/c1-6-8-9-16(7-2)14-17(20)18(19(4)5)12-10-15(3)11-13-18/h15-17,20H,6-14H2,1-5H3. The summed E-state index contributed by atoms with van der Waals surface area (Å²) in [6.07, 6.45) is 10.7. The Morgan fingerprint density at radius 1 is 1.20 bits per heavy atom. The van der Waals surface area contributed by atoms with Crippen molar-refractivity contribution in [2.45, 2.75) is 90.2 Å². The smallest absolute Gasteiger partial charge is 0.0726 e. The average molecular weight is 284 g/mol. The Balaban J connectivity index is 2.66.